The summed E-state index contributed by atoms with van der Waals surface area (Å²) in [5.41, 5.74) is 4.71. The van der Waals surface area contributed by atoms with Crippen LogP contribution in [0.15, 0.2) is 24.3 Å². The summed E-state index contributed by atoms with van der Waals surface area (Å²) in [7, 11) is 1.68. The van der Waals surface area contributed by atoms with Gasteiger partial charge in [-0.05, 0) is 50.0 Å². The Labute approximate surface area is 136 Å². The van der Waals surface area contributed by atoms with Gasteiger partial charge in [0.25, 0.3) is 0 Å². The van der Waals surface area contributed by atoms with Crippen molar-refractivity contribution in [1.29, 1.82) is 0 Å². The van der Waals surface area contributed by atoms with E-state index in [0.29, 0.717) is 12.7 Å². The highest BCUT2D eigenvalue weighted by atomic mass is 16.7. The zero-order valence-corrected chi connectivity index (χ0v) is 13.5. The van der Waals surface area contributed by atoms with Crippen molar-refractivity contribution in [3.8, 4) is 11.5 Å². The normalized spacial score (nSPS) is 27.3. The highest BCUT2D eigenvalue weighted by molar-refractivity contribution is 5.68. The van der Waals surface area contributed by atoms with E-state index in [2.05, 4.69) is 11.6 Å². The molecule has 1 aromatic rings. The summed E-state index contributed by atoms with van der Waals surface area (Å²) < 4.78 is 17.1. The van der Waals surface area contributed by atoms with Crippen LogP contribution in [-0.4, -0.2) is 32.0 Å². The number of ether oxygens (including phenoxy) is 3. The zero-order valence-electron chi connectivity index (χ0n) is 13.5. The number of hydrogen-bond acceptors (Lipinski definition) is 5. The lowest BCUT2D eigenvalue weighted by Crippen LogP contribution is -2.29. The maximum atomic E-state index is 6.09. The highest BCUT2D eigenvalue weighted by Crippen LogP contribution is 2.37. The van der Waals surface area contributed by atoms with Gasteiger partial charge in [0.2, 0.25) is 0 Å². The molecule has 2 aliphatic heterocycles. The van der Waals surface area contributed by atoms with Crippen LogP contribution in [0, 0.1) is 0 Å². The van der Waals surface area contributed by atoms with Crippen molar-refractivity contribution >= 4 is 5.70 Å². The quantitative estimate of drug-likeness (QED) is 0.925. The van der Waals surface area contributed by atoms with Gasteiger partial charge in [-0.1, -0.05) is 0 Å². The Bertz CT molecular complexity index is 601. The van der Waals surface area contributed by atoms with E-state index in [4.69, 9.17) is 19.0 Å². The van der Waals surface area contributed by atoms with Crippen LogP contribution in [0.4, 0.5) is 0 Å². The first-order valence-electron chi connectivity index (χ1n) is 8.38. The minimum atomic E-state index is -0.318. The van der Waals surface area contributed by atoms with Crippen molar-refractivity contribution in [3.63, 3.8) is 0 Å². The molecule has 1 aromatic carbocycles. The summed E-state index contributed by atoms with van der Waals surface area (Å²) in [5, 5.41) is 0. The Morgan fingerprint density at radius 1 is 1.22 bits per heavy atom. The molecule has 5 nitrogen and oxygen atoms in total. The van der Waals surface area contributed by atoms with E-state index < -0.39 is 0 Å². The van der Waals surface area contributed by atoms with Gasteiger partial charge in [0, 0.05) is 18.6 Å². The molecule has 1 unspecified atom stereocenters. The average molecular weight is 317 g/mol. The maximum absolute atomic E-state index is 6.09. The molecule has 2 fully saturated rings. The lowest BCUT2D eigenvalue weighted by molar-refractivity contribution is -0.0373. The number of benzene rings is 1. The minimum Gasteiger partial charge on any atom is -0.493 e. The minimum absolute atomic E-state index is 0.318. The molecule has 4 rings (SSSR count). The fourth-order valence-corrected chi connectivity index (χ4v) is 3.50. The summed E-state index contributed by atoms with van der Waals surface area (Å²) >= 11 is 0. The standard InChI is InChI=1S/C18H23NO4/c1-20-17-10-13(6-7-16(17)22-14-4-2-3-5-14)15-11-18(23-19-15)8-9-21-12-18/h6-7,10-11,14,19H,2-5,8-9,12H2,1H3. The summed E-state index contributed by atoms with van der Waals surface area (Å²) in [5.74, 6) is 1.59. The molecule has 1 spiro atoms. The number of nitrogens with one attached hydrogen (secondary N) is 1. The highest BCUT2D eigenvalue weighted by Gasteiger charge is 2.39. The Hall–Kier alpha value is -1.72. The second kappa shape index (κ2) is 6.06. The summed E-state index contributed by atoms with van der Waals surface area (Å²) in [6, 6.07) is 6.04. The van der Waals surface area contributed by atoms with Crippen LogP contribution in [0.2, 0.25) is 0 Å². The van der Waals surface area contributed by atoms with Gasteiger partial charge >= 0.3 is 0 Å². The molecule has 1 saturated carbocycles. The SMILES string of the molecule is COc1cc(C2=CC3(CCOC3)ON2)ccc1OC1CCCC1. The van der Waals surface area contributed by atoms with Crippen molar-refractivity contribution in [2.45, 2.75) is 43.8 Å². The van der Waals surface area contributed by atoms with Crippen LogP contribution in [0.5, 0.6) is 11.5 Å². The van der Waals surface area contributed by atoms with Crippen LogP contribution >= 0.6 is 0 Å². The Morgan fingerprint density at radius 3 is 2.83 bits per heavy atom. The molecular weight excluding hydrogens is 294 g/mol. The zero-order chi connectivity index (χ0) is 15.7. The molecule has 1 N–H and O–H groups in total. The largest absolute Gasteiger partial charge is 0.493 e. The lowest BCUT2D eigenvalue weighted by Gasteiger charge is -2.17. The van der Waals surface area contributed by atoms with Crippen molar-refractivity contribution in [2.24, 2.45) is 0 Å². The van der Waals surface area contributed by atoms with Crippen LogP contribution in [0.1, 0.15) is 37.7 Å². The monoisotopic (exact) mass is 317 g/mol. The van der Waals surface area contributed by atoms with Gasteiger partial charge in [-0.3, -0.25) is 10.3 Å². The molecule has 1 aliphatic carbocycles. The van der Waals surface area contributed by atoms with Gasteiger partial charge in [0.05, 0.1) is 25.5 Å². The van der Waals surface area contributed by atoms with E-state index in [0.717, 1.165) is 48.6 Å². The predicted octanol–water partition coefficient (Wildman–Crippen LogP) is 3.05. The first-order valence-corrected chi connectivity index (χ1v) is 8.38. The van der Waals surface area contributed by atoms with Gasteiger partial charge in [0.15, 0.2) is 11.5 Å². The molecule has 1 atom stereocenters. The van der Waals surface area contributed by atoms with Crippen LogP contribution in [-0.2, 0) is 9.57 Å². The summed E-state index contributed by atoms with van der Waals surface area (Å²) in [6.07, 6.45) is 8.09. The average Bonchev–Trinajstić information content (AvgIpc) is 3.32. The van der Waals surface area contributed by atoms with E-state index in [9.17, 15) is 0 Å². The van der Waals surface area contributed by atoms with Crippen molar-refractivity contribution in [3.05, 3.63) is 29.8 Å². The molecule has 2 heterocycles. The third-order valence-corrected chi connectivity index (χ3v) is 4.86. The molecule has 3 aliphatic rings. The predicted molar refractivity (Wildman–Crippen MR) is 86.2 cm³/mol. The van der Waals surface area contributed by atoms with Crippen molar-refractivity contribution in [1.82, 2.24) is 5.48 Å². The molecule has 0 bridgehead atoms. The molecule has 0 amide bonds. The van der Waals surface area contributed by atoms with E-state index in [1.54, 1.807) is 7.11 Å². The lowest BCUT2D eigenvalue weighted by atomic mass is 10.0. The molecule has 1 saturated heterocycles. The fraction of sp³-hybridized carbons (Fsp3) is 0.556. The molecular formula is C18H23NO4. The van der Waals surface area contributed by atoms with Gasteiger partial charge in [-0.2, -0.15) is 0 Å². The van der Waals surface area contributed by atoms with Gasteiger partial charge in [0.1, 0.15) is 5.60 Å². The van der Waals surface area contributed by atoms with Gasteiger partial charge in [-0.25, -0.2) is 0 Å². The van der Waals surface area contributed by atoms with Crippen LogP contribution in [0.3, 0.4) is 0 Å². The second-order valence-electron chi connectivity index (χ2n) is 6.52. The topological polar surface area (TPSA) is 49.0 Å². The first-order chi connectivity index (χ1) is 11.3. The summed E-state index contributed by atoms with van der Waals surface area (Å²) in [4.78, 5) is 5.74. The van der Waals surface area contributed by atoms with Gasteiger partial charge in [-0.15, -0.1) is 0 Å². The Balaban J connectivity index is 1.55. The van der Waals surface area contributed by atoms with E-state index in [1.165, 1.54) is 12.8 Å². The third-order valence-electron chi connectivity index (χ3n) is 4.86. The van der Waals surface area contributed by atoms with Crippen LogP contribution in [0.25, 0.3) is 5.70 Å². The first kappa shape index (κ1) is 14.8. The third kappa shape index (κ3) is 2.91. The molecule has 124 valence electrons. The number of hydroxylamine groups is 1. The fourth-order valence-electron chi connectivity index (χ4n) is 3.50. The number of hydrogen-bond donors (Lipinski definition) is 1. The molecule has 0 radical (unpaired) electrons. The number of methoxy groups -OCH3 is 1. The smallest absolute Gasteiger partial charge is 0.161 e. The Morgan fingerprint density at radius 2 is 2.09 bits per heavy atom. The van der Waals surface area contributed by atoms with E-state index in [-0.39, 0.29) is 5.60 Å². The molecule has 5 heteroatoms. The van der Waals surface area contributed by atoms with E-state index in [1.807, 2.05) is 18.2 Å². The maximum Gasteiger partial charge on any atom is 0.161 e. The van der Waals surface area contributed by atoms with Crippen molar-refractivity contribution < 1.29 is 19.0 Å². The van der Waals surface area contributed by atoms with Crippen LogP contribution < -0.4 is 15.0 Å². The second-order valence-corrected chi connectivity index (χ2v) is 6.52. The Kier molecular flexibility index (Phi) is 3.91. The molecule has 0 aromatic heterocycles. The van der Waals surface area contributed by atoms with Crippen molar-refractivity contribution in [2.75, 3.05) is 20.3 Å². The number of rotatable bonds is 4. The summed E-state index contributed by atoms with van der Waals surface area (Å²) in [6.45, 7) is 1.34. The molecule has 23 heavy (non-hydrogen) atoms. The van der Waals surface area contributed by atoms with E-state index >= 15 is 0 Å². The van der Waals surface area contributed by atoms with Gasteiger partial charge < -0.3 is 14.2 Å².